The van der Waals surface area contributed by atoms with E-state index in [9.17, 15) is 39.3 Å². The van der Waals surface area contributed by atoms with Crippen LogP contribution in [0.1, 0.15) is 25.3 Å². The number of nitrogens with two attached hydrogens (primary N) is 1. The van der Waals surface area contributed by atoms with E-state index in [1.807, 2.05) is 0 Å². The van der Waals surface area contributed by atoms with E-state index in [1.54, 1.807) is 12.1 Å². The lowest BCUT2D eigenvalue weighted by Crippen LogP contribution is -2.60. The maximum Gasteiger partial charge on any atom is 0.326 e. The summed E-state index contributed by atoms with van der Waals surface area (Å²) in [6.45, 7) is 1.18. The van der Waals surface area contributed by atoms with Gasteiger partial charge in [-0.25, -0.2) is 4.79 Å². The molecule has 0 aliphatic heterocycles. The monoisotopic (exact) mass is 514 g/mol. The summed E-state index contributed by atoms with van der Waals surface area (Å²) in [6, 6.07) is 0.581. The highest BCUT2D eigenvalue weighted by atomic mass is 32.1. The number of phenolic OH excluding ortho intramolecular Hbond substituents is 1. The summed E-state index contributed by atoms with van der Waals surface area (Å²) in [7, 11) is 0. The van der Waals surface area contributed by atoms with E-state index in [0.29, 0.717) is 5.56 Å². The summed E-state index contributed by atoms with van der Waals surface area (Å²) in [6.07, 6.45) is -2.29. The minimum absolute atomic E-state index is 0.0480. The van der Waals surface area contributed by atoms with Crippen molar-refractivity contribution in [1.29, 1.82) is 0 Å². The Morgan fingerprint density at radius 2 is 1.51 bits per heavy atom. The van der Waals surface area contributed by atoms with E-state index in [0.717, 1.165) is 0 Å². The molecule has 0 fully saturated rings. The highest BCUT2D eigenvalue weighted by Crippen LogP contribution is 2.11. The largest absolute Gasteiger partial charge is 0.508 e. The number of nitrogens with one attached hydrogen (secondary N) is 3. The number of aliphatic hydroxyl groups is 1. The number of carboxylic acids is 2. The van der Waals surface area contributed by atoms with Crippen molar-refractivity contribution in [3.05, 3.63) is 29.8 Å². The van der Waals surface area contributed by atoms with Gasteiger partial charge in [0.15, 0.2) is 0 Å². The molecule has 0 heterocycles. The third-order valence-corrected chi connectivity index (χ3v) is 5.23. The number of amides is 3. The Kier molecular flexibility index (Phi) is 12.0. The Morgan fingerprint density at radius 1 is 0.943 bits per heavy atom. The van der Waals surface area contributed by atoms with Gasteiger partial charge in [-0.2, -0.15) is 12.6 Å². The number of thiol groups is 1. The summed E-state index contributed by atoms with van der Waals surface area (Å²) in [4.78, 5) is 59.6. The second-order valence-electron chi connectivity index (χ2n) is 7.78. The third-order valence-electron chi connectivity index (χ3n) is 4.87. The molecule has 0 radical (unpaired) electrons. The van der Waals surface area contributed by atoms with Crippen LogP contribution in [0.3, 0.4) is 0 Å². The molecular formula is C21H30N4O9S. The molecule has 5 unspecified atom stereocenters. The number of phenols is 1. The summed E-state index contributed by atoms with van der Waals surface area (Å²) >= 11 is 4.02. The molecule has 0 saturated carbocycles. The molecule has 1 aromatic rings. The first-order chi connectivity index (χ1) is 16.3. The Bertz CT molecular complexity index is 911. The van der Waals surface area contributed by atoms with Crippen molar-refractivity contribution in [2.24, 2.45) is 5.73 Å². The maximum absolute atomic E-state index is 12.7. The highest BCUT2D eigenvalue weighted by Gasteiger charge is 2.32. The molecule has 9 N–H and O–H groups in total. The van der Waals surface area contributed by atoms with E-state index < -0.39 is 72.8 Å². The van der Waals surface area contributed by atoms with Crippen molar-refractivity contribution in [3.8, 4) is 5.75 Å². The van der Waals surface area contributed by atoms with E-state index in [2.05, 4.69) is 28.6 Å². The van der Waals surface area contributed by atoms with Gasteiger partial charge >= 0.3 is 11.9 Å². The number of carbonyl (C=O) groups is 5. The van der Waals surface area contributed by atoms with E-state index in [-0.39, 0.29) is 17.9 Å². The fraction of sp³-hybridized carbons (Fsp3) is 0.476. The summed E-state index contributed by atoms with van der Waals surface area (Å²) in [5, 5.41) is 43.9. The lowest BCUT2D eigenvalue weighted by atomic mass is 10.1. The van der Waals surface area contributed by atoms with Gasteiger partial charge in [-0.05, 0) is 37.5 Å². The molecule has 0 saturated heterocycles. The SMILES string of the molecule is CC(O)C(NC(=O)C(CS)NC(=O)C(N)Cc1ccc(O)cc1)C(=O)NC(CCC(=O)O)C(=O)O. The molecule has 0 spiro atoms. The molecule has 1 rings (SSSR count). The summed E-state index contributed by atoms with van der Waals surface area (Å²) in [5.74, 6) is -5.52. The normalized spacial score (nSPS) is 15.1. The van der Waals surface area contributed by atoms with E-state index in [1.165, 1.54) is 19.1 Å². The molecule has 0 aliphatic carbocycles. The van der Waals surface area contributed by atoms with Gasteiger partial charge in [-0.1, -0.05) is 12.1 Å². The quantitative estimate of drug-likeness (QED) is 0.124. The van der Waals surface area contributed by atoms with Crippen molar-refractivity contribution in [2.75, 3.05) is 5.75 Å². The third kappa shape index (κ3) is 10.2. The van der Waals surface area contributed by atoms with Crippen LogP contribution in [0, 0.1) is 0 Å². The number of hydrogen-bond donors (Lipinski definition) is 9. The van der Waals surface area contributed by atoms with Gasteiger partial charge in [0.2, 0.25) is 17.7 Å². The smallest absolute Gasteiger partial charge is 0.326 e. The first-order valence-electron chi connectivity index (χ1n) is 10.5. The number of hydrogen-bond acceptors (Lipinski definition) is 9. The topological polar surface area (TPSA) is 228 Å². The van der Waals surface area contributed by atoms with Gasteiger partial charge in [0.05, 0.1) is 12.1 Å². The zero-order valence-electron chi connectivity index (χ0n) is 18.9. The predicted molar refractivity (Wildman–Crippen MR) is 126 cm³/mol. The van der Waals surface area contributed by atoms with Crippen LogP contribution in [-0.4, -0.2) is 86.1 Å². The molecule has 3 amide bonds. The van der Waals surface area contributed by atoms with Gasteiger partial charge in [0.1, 0.15) is 23.9 Å². The lowest BCUT2D eigenvalue weighted by Gasteiger charge is -2.26. The molecule has 13 nitrogen and oxygen atoms in total. The van der Waals surface area contributed by atoms with Gasteiger partial charge < -0.3 is 42.1 Å². The van der Waals surface area contributed by atoms with Crippen LogP contribution >= 0.6 is 12.6 Å². The molecule has 194 valence electrons. The van der Waals surface area contributed by atoms with Crippen molar-refractivity contribution >= 4 is 42.3 Å². The minimum atomic E-state index is -1.60. The molecule has 0 aliphatic rings. The number of carbonyl (C=O) groups excluding carboxylic acids is 3. The van der Waals surface area contributed by atoms with E-state index >= 15 is 0 Å². The average Bonchev–Trinajstić information content (AvgIpc) is 2.78. The van der Waals surface area contributed by atoms with Crippen LogP contribution in [0.5, 0.6) is 5.75 Å². The van der Waals surface area contributed by atoms with Gasteiger partial charge in [-0.15, -0.1) is 0 Å². The number of rotatable bonds is 14. The molecule has 5 atom stereocenters. The molecule has 0 aromatic heterocycles. The maximum atomic E-state index is 12.7. The van der Waals surface area contributed by atoms with Crippen LogP contribution in [0.4, 0.5) is 0 Å². The molecule has 1 aromatic carbocycles. The molecule has 35 heavy (non-hydrogen) atoms. The molecular weight excluding hydrogens is 484 g/mol. The van der Waals surface area contributed by atoms with Gasteiger partial charge in [0.25, 0.3) is 0 Å². The van der Waals surface area contributed by atoms with E-state index in [4.69, 9.17) is 10.8 Å². The molecule has 0 bridgehead atoms. The Labute approximate surface area is 206 Å². The Balaban J connectivity index is 2.79. The van der Waals surface area contributed by atoms with Gasteiger partial charge in [-0.3, -0.25) is 19.2 Å². The highest BCUT2D eigenvalue weighted by molar-refractivity contribution is 7.80. The number of carboxylic acid groups (broad SMARTS) is 2. The van der Waals surface area contributed by atoms with Crippen molar-refractivity contribution in [2.45, 2.75) is 56.5 Å². The Morgan fingerprint density at radius 3 is 2.00 bits per heavy atom. The summed E-state index contributed by atoms with van der Waals surface area (Å²) in [5.41, 5.74) is 6.55. The fourth-order valence-corrected chi connectivity index (χ4v) is 3.15. The van der Waals surface area contributed by atoms with Crippen LogP contribution < -0.4 is 21.7 Å². The first kappa shape index (κ1) is 29.7. The lowest BCUT2D eigenvalue weighted by molar-refractivity contribution is -0.144. The second-order valence-corrected chi connectivity index (χ2v) is 8.14. The number of aromatic hydroxyl groups is 1. The standard InChI is InChI=1S/C21H30N4O9S/c1-10(26)17(20(32)23-14(21(33)34)6-7-16(28)29)25-19(31)15(9-35)24-18(30)13(22)8-11-2-4-12(27)5-3-11/h2-5,10,13-15,17,26-27,35H,6-9,22H2,1H3,(H,23,32)(H,24,30)(H,25,31)(H,28,29)(H,33,34). The van der Waals surface area contributed by atoms with Crippen molar-refractivity contribution in [1.82, 2.24) is 16.0 Å². The predicted octanol–water partition coefficient (Wildman–Crippen LogP) is -2.02. The average molecular weight is 515 g/mol. The second kappa shape index (κ2) is 14.1. The minimum Gasteiger partial charge on any atom is -0.508 e. The van der Waals surface area contributed by atoms with Crippen molar-refractivity contribution in [3.63, 3.8) is 0 Å². The number of aliphatic hydroxyl groups excluding tert-OH is 1. The van der Waals surface area contributed by atoms with Crippen LogP contribution in [-0.2, 0) is 30.4 Å². The summed E-state index contributed by atoms with van der Waals surface area (Å²) < 4.78 is 0. The Hall–Kier alpha value is -3.36. The van der Waals surface area contributed by atoms with Crippen LogP contribution in [0.2, 0.25) is 0 Å². The number of aliphatic carboxylic acids is 2. The number of benzene rings is 1. The zero-order valence-corrected chi connectivity index (χ0v) is 19.8. The van der Waals surface area contributed by atoms with Crippen LogP contribution in [0.25, 0.3) is 0 Å². The van der Waals surface area contributed by atoms with Crippen molar-refractivity contribution < 1.29 is 44.4 Å². The fourth-order valence-electron chi connectivity index (χ4n) is 2.90. The first-order valence-corrected chi connectivity index (χ1v) is 11.2. The van der Waals surface area contributed by atoms with Crippen LogP contribution in [0.15, 0.2) is 24.3 Å². The molecule has 14 heteroatoms. The zero-order chi connectivity index (χ0) is 26.7. The van der Waals surface area contributed by atoms with Gasteiger partial charge in [0, 0.05) is 12.2 Å².